The summed E-state index contributed by atoms with van der Waals surface area (Å²) in [5.41, 5.74) is 0.887. The lowest BCUT2D eigenvalue weighted by Crippen LogP contribution is -2.00. The van der Waals surface area contributed by atoms with Crippen molar-refractivity contribution in [1.29, 1.82) is 0 Å². The zero-order valence-electron chi connectivity index (χ0n) is 11.8. The first-order valence-electron chi connectivity index (χ1n) is 6.61. The molecular formula is C15H16Br2N2O2. The first kappa shape index (κ1) is 16.1. The highest BCUT2D eigenvalue weighted by atomic mass is 79.9. The minimum Gasteiger partial charge on any atom is -0.490 e. The van der Waals surface area contributed by atoms with Gasteiger partial charge in [-0.3, -0.25) is 0 Å². The Morgan fingerprint density at radius 3 is 2.43 bits per heavy atom. The Labute approximate surface area is 141 Å². The number of halogens is 2. The normalized spacial score (nSPS) is 10.3. The Kier molecular flexibility index (Phi) is 5.87. The molecule has 1 N–H and O–H groups in total. The average molecular weight is 416 g/mol. The number of aromatic nitrogens is 1. The lowest BCUT2D eigenvalue weighted by atomic mass is 10.2. The van der Waals surface area contributed by atoms with Gasteiger partial charge in [0.15, 0.2) is 11.5 Å². The molecular weight excluding hydrogens is 400 g/mol. The molecule has 6 heteroatoms. The van der Waals surface area contributed by atoms with E-state index < -0.39 is 0 Å². The van der Waals surface area contributed by atoms with E-state index in [1.165, 1.54) is 0 Å². The minimum absolute atomic E-state index is 0.587. The monoisotopic (exact) mass is 414 g/mol. The number of benzene rings is 1. The molecule has 21 heavy (non-hydrogen) atoms. The van der Waals surface area contributed by atoms with Crippen LogP contribution in [0.4, 0.5) is 11.5 Å². The van der Waals surface area contributed by atoms with Crippen LogP contribution in [0.5, 0.6) is 11.5 Å². The van der Waals surface area contributed by atoms with Gasteiger partial charge in [-0.15, -0.1) is 0 Å². The molecule has 0 amide bonds. The third kappa shape index (κ3) is 4.35. The van der Waals surface area contributed by atoms with Crippen molar-refractivity contribution < 1.29 is 9.47 Å². The molecule has 1 aromatic carbocycles. The second kappa shape index (κ2) is 7.66. The first-order chi connectivity index (χ1) is 10.1. The average Bonchev–Trinajstić information content (AvgIpc) is 2.45. The van der Waals surface area contributed by atoms with E-state index in [-0.39, 0.29) is 0 Å². The van der Waals surface area contributed by atoms with Gasteiger partial charge in [0.2, 0.25) is 0 Å². The molecule has 112 valence electrons. The third-order valence-corrected chi connectivity index (χ3v) is 3.65. The van der Waals surface area contributed by atoms with Gasteiger partial charge in [-0.2, -0.15) is 0 Å². The summed E-state index contributed by atoms with van der Waals surface area (Å²) in [6.45, 7) is 5.09. The molecule has 0 fully saturated rings. The smallest absolute Gasteiger partial charge is 0.163 e. The van der Waals surface area contributed by atoms with Crippen LogP contribution in [0.25, 0.3) is 0 Å². The Morgan fingerprint density at radius 1 is 1.05 bits per heavy atom. The largest absolute Gasteiger partial charge is 0.490 e. The molecule has 0 aliphatic heterocycles. The highest BCUT2D eigenvalue weighted by Gasteiger charge is 2.08. The summed E-state index contributed by atoms with van der Waals surface area (Å²) in [6.07, 6.45) is 1.74. The highest BCUT2D eigenvalue weighted by Crippen LogP contribution is 2.33. The highest BCUT2D eigenvalue weighted by molar-refractivity contribution is 9.11. The summed E-state index contributed by atoms with van der Waals surface area (Å²) in [6, 6.07) is 7.67. The number of pyridine rings is 1. The van der Waals surface area contributed by atoms with Gasteiger partial charge in [0.25, 0.3) is 0 Å². The van der Waals surface area contributed by atoms with Crippen LogP contribution in [-0.2, 0) is 0 Å². The summed E-state index contributed by atoms with van der Waals surface area (Å²) >= 11 is 6.87. The Morgan fingerprint density at radius 2 is 1.76 bits per heavy atom. The lowest BCUT2D eigenvalue weighted by Gasteiger charge is -2.13. The van der Waals surface area contributed by atoms with E-state index >= 15 is 0 Å². The van der Waals surface area contributed by atoms with E-state index in [9.17, 15) is 0 Å². The number of ether oxygens (including phenoxy) is 2. The zero-order valence-corrected chi connectivity index (χ0v) is 15.0. The molecule has 1 heterocycles. The second-order valence-electron chi connectivity index (χ2n) is 4.14. The van der Waals surface area contributed by atoms with E-state index in [2.05, 4.69) is 42.2 Å². The zero-order chi connectivity index (χ0) is 15.2. The molecule has 0 aliphatic carbocycles. The van der Waals surface area contributed by atoms with Crippen molar-refractivity contribution in [3.63, 3.8) is 0 Å². The number of anilines is 2. The Balaban J connectivity index is 2.25. The van der Waals surface area contributed by atoms with Crippen LogP contribution >= 0.6 is 31.9 Å². The molecule has 0 spiro atoms. The number of rotatable bonds is 6. The standard InChI is InChI=1S/C15H16Br2N2O2/c1-3-20-13-6-5-11(8-14(13)21-4-2)19-15-12(17)7-10(16)9-18-15/h5-9H,3-4H2,1-2H3,(H,18,19). The number of hydrogen-bond donors (Lipinski definition) is 1. The van der Waals surface area contributed by atoms with Gasteiger partial charge in [0.1, 0.15) is 5.82 Å². The fraction of sp³-hybridized carbons (Fsp3) is 0.267. The van der Waals surface area contributed by atoms with E-state index in [0.29, 0.717) is 13.2 Å². The van der Waals surface area contributed by atoms with Crippen LogP contribution in [0, 0.1) is 0 Å². The topological polar surface area (TPSA) is 43.4 Å². The van der Waals surface area contributed by atoms with Gasteiger partial charge in [-0.25, -0.2) is 4.98 Å². The van der Waals surface area contributed by atoms with Crippen LogP contribution in [0.1, 0.15) is 13.8 Å². The molecule has 4 nitrogen and oxygen atoms in total. The molecule has 2 aromatic rings. The van der Waals surface area contributed by atoms with Crippen molar-refractivity contribution in [2.75, 3.05) is 18.5 Å². The van der Waals surface area contributed by atoms with Crippen LogP contribution in [0.2, 0.25) is 0 Å². The van der Waals surface area contributed by atoms with Gasteiger partial charge in [0.05, 0.1) is 17.7 Å². The number of hydrogen-bond acceptors (Lipinski definition) is 4. The molecule has 0 saturated heterocycles. The molecule has 0 unspecified atom stereocenters. The van der Waals surface area contributed by atoms with Crippen molar-refractivity contribution in [1.82, 2.24) is 4.98 Å². The van der Waals surface area contributed by atoms with Crippen molar-refractivity contribution in [2.24, 2.45) is 0 Å². The van der Waals surface area contributed by atoms with Gasteiger partial charge in [0, 0.05) is 22.4 Å². The molecule has 0 bridgehead atoms. The summed E-state index contributed by atoms with van der Waals surface area (Å²) < 4.78 is 13.0. The molecule has 0 radical (unpaired) electrons. The maximum Gasteiger partial charge on any atom is 0.163 e. The second-order valence-corrected chi connectivity index (χ2v) is 5.91. The van der Waals surface area contributed by atoms with Crippen LogP contribution in [-0.4, -0.2) is 18.2 Å². The first-order valence-corrected chi connectivity index (χ1v) is 8.20. The number of nitrogens with zero attached hydrogens (tertiary/aromatic N) is 1. The van der Waals surface area contributed by atoms with E-state index in [1.807, 2.05) is 38.1 Å². The lowest BCUT2D eigenvalue weighted by molar-refractivity contribution is 0.288. The van der Waals surface area contributed by atoms with Gasteiger partial charge in [-0.1, -0.05) is 0 Å². The van der Waals surface area contributed by atoms with E-state index in [0.717, 1.165) is 31.9 Å². The summed E-state index contributed by atoms with van der Waals surface area (Å²) in [5, 5.41) is 3.25. The summed E-state index contributed by atoms with van der Waals surface area (Å²) in [7, 11) is 0. The molecule has 1 aromatic heterocycles. The van der Waals surface area contributed by atoms with Crippen molar-refractivity contribution in [3.05, 3.63) is 39.4 Å². The van der Waals surface area contributed by atoms with Crippen molar-refractivity contribution in [2.45, 2.75) is 13.8 Å². The van der Waals surface area contributed by atoms with Gasteiger partial charge in [-0.05, 0) is 63.9 Å². The minimum atomic E-state index is 0.587. The SMILES string of the molecule is CCOc1ccc(Nc2ncc(Br)cc2Br)cc1OCC. The third-order valence-electron chi connectivity index (χ3n) is 2.61. The molecule has 0 saturated carbocycles. The van der Waals surface area contributed by atoms with Crippen LogP contribution < -0.4 is 14.8 Å². The maximum atomic E-state index is 5.61. The summed E-state index contributed by atoms with van der Waals surface area (Å²) in [4.78, 5) is 4.33. The van der Waals surface area contributed by atoms with Gasteiger partial charge < -0.3 is 14.8 Å². The maximum absolute atomic E-state index is 5.61. The molecule has 2 rings (SSSR count). The van der Waals surface area contributed by atoms with Crippen molar-refractivity contribution >= 4 is 43.4 Å². The number of nitrogens with one attached hydrogen (secondary N) is 1. The molecule has 0 atom stereocenters. The van der Waals surface area contributed by atoms with E-state index in [4.69, 9.17) is 9.47 Å². The van der Waals surface area contributed by atoms with Crippen molar-refractivity contribution in [3.8, 4) is 11.5 Å². The van der Waals surface area contributed by atoms with Gasteiger partial charge >= 0.3 is 0 Å². The fourth-order valence-corrected chi connectivity index (χ4v) is 2.86. The van der Waals surface area contributed by atoms with E-state index in [1.54, 1.807) is 6.20 Å². The fourth-order valence-electron chi connectivity index (χ4n) is 1.77. The predicted molar refractivity (Wildman–Crippen MR) is 91.7 cm³/mol. The van der Waals surface area contributed by atoms with Crippen LogP contribution in [0.15, 0.2) is 39.4 Å². The quantitative estimate of drug-likeness (QED) is 0.708. The Hall–Kier alpha value is -1.27. The summed E-state index contributed by atoms with van der Waals surface area (Å²) in [5.74, 6) is 2.20. The van der Waals surface area contributed by atoms with Crippen LogP contribution in [0.3, 0.4) is 0 Å². The Bertz CT molecular complexity index is 621. The predicted octanol–water partition coefficient (Wildman–Crippen LogP) is 5.15. The molecule has 0 aliphatic rings.